The Hall–Kier alpha value is -3.88. The smallest absolute Gasteiger partial charge is 0.320 e. The van der Waals surface area contributed by atoms with Crippen LogP contribution in [0.2, 0.25) is 0 Å². The first-order chi connectivity index (χ1) is 18.1. The number of carbonyl (C=O) groups is 1. The van der Waals surface area contributed by atoms with Crippen LogP contribution in [-0.4, -0.2) is 47.3 Å². The summed E-state index contributed by atoms with van der Waals surface area (Å²) >= 11 is 0. The molecule has 1 aromatic heterocycles. The largest absolute Gasteiger partial charge is 0.459 e. The third-order valence-corrected chi connectivity index (χ3v) is 5.70. The Morgan fingerprint density at radius 2 is 1.79 bits per heavy atom. The lowest BCUT2D eigenvalue weighted by Crippen LogP contribution is -2.32. The van der Waals surface area contributed by atoms with E-state index in [4.69, 9.17) is 14.0 Å². The summed E-state index contributed by atoms with van der Waals surface area (Å²) in [5.74, 6) is 0.232. The minimum Gasteiger partial charge on any atom is -0.459 e. The molecule has 0 spiro atoms. The Kier molecular flexibility index (Phi) is 8.34. The molecule has 0 aliphatic rings. The maximum Gasteiger partial charge on any atom is 0.320 e. The van der Waals surface area contributed by atoms with Crippen molar-refractivity contribution in [1.29, 1.82) is 0 Å². The van der Waals surface area contributed by atoms with Crippen LogP contribution < -0.4 is 0 Å². The Morgan fingerprint density at radius 3 is 2.53 bits per heavy atom. The van der Waals surface area contributed by atoms with E-state index >= 15 is 0 Å². The van der Waals surface area contributed by atoms with Gasteiger partial charge in [0.2, 0.25) is 5.82 Å². The average molecular weight is 518 g/mol. The average Bonchev–Trinajstić information content (AvgIpc) is 3.34. The van der Waals surface area contributed by atoms with E-state index in [0.29, 0.717) is 36.0 Å². The van der Waals surface area contributed by atoms with Crippen molar-refractivity contribution in [3.8, 4) is 34.0 Å². The summed E-state index contributed by atoms with van der Waals surface area (Å²) in [5, 5.41) is 4.18. The molecule has 0 saturated heterocycles. The normalized spacial score (nSPS) is 11.7. The van der Waals surface area contributed by atoms with Crippen molar-refractivity contribution in [3.63, 3.8) is 0 Å². The molecule has 198 valence electrons. The summed E-state index contributed by atoms with van der Waals surface area (Å²) in [4.78, 5) is 18.6. The molecule has 8 heteroatoms. The van der Waals surface area contributed by atoms with Gasteiger partial charge < -0.3 is 14.0 Å². The Morgan fingerprint density at radius 1 is 1.00 bits per heavy atom. The Bertz CT molecular complexity index is 1410. The minimum atomic E-state index is -0.517. The molecule has 1 heterocycles. The Labute approximate surface area is 222 Å². The van der Waals surface area contributed by atoms with E-state index in [2.05, 4.69) is 10.1 Å². The number of esters is 1. The summed E-state index contributed by atoms with van der Waals surface area (Å²) in [7, 11) is 3.46. The highest BCUT2D eigenvalue weighted by Crippen LogP contribution is 2.31. The molecule has 4 rings (SSSR count). The number of hydrogen-bond acceptors (Lipinski definition) is 7. The van der Waals surface area contributed by atoms with Crippen LogP contribution in [0.3, 0.4) is 0 Å². The third kappa shape index (κ3) is 6.90. The molecule has 4 aromatic rings. The lowest BCUT2D eigenvalue weighted by atomic mass is 9.97. The molecule has 0 fully saturated rings. The van der Waals surface area contributed by atoms with Gasteiger partial charge in [-0.2, -0.15) is 4.98 Å². The van der Waals surface area contributed by atoms with Crippen molar-refractivity contribution in [2.45, 2.75) is 39.5 Å². The fourth-order valence-electron chi connectivity index (χ4n) is 4.17. The van der Waals surface area contributed by atoms with Gasteiger partial charge in [0.05, 0.1) is 13.2 Å². The zero-order chi connectivity index (χ0) is 27.3. The number of likely N-dealkylation sites (N-methyl/N-ethyl adjacent to an activating group) is 1. The highest BCUT2D eigenvalue weighted by molar-refractivity contribution is 5.73. The monoisotopic (exact) mass is 517 g/mol. The summed E-state index contributed by atoms with van der Waals surface area (Å²) < 4.78 is 30.8. The van der Waals surface area contributed by atoms with E-state index in [-0.39, 0.29) is 18.3 Å². The van der Waals surface area contributed by atoms with Gasteiger partial charge in [-0.15, -0.1) is 0 Å². The van der Waals surface area contributed by atoms with Gasteiger partial charge in [-0.3, -0.25) is 9.69 Å². The van der Waals surface area contributed by atoms with Crippen LogP contribution >= 0.6 is 0 Å². The van der Waals surface area contributed by atoms with E-state index in [9.17, 15) is 9.18 Å². The lowest BCUT2D eigenvalue weighted by Gasteiger charge is -2.22. The second-order valence-corrected chi connectivity index (χ2v) is 10.2. The van der Waals surface area contributed by atoms with Crippen molar-refractivity contribution < 1.29 is 23.2 Å². The maximum atomic E-state index is 14.4. The van der Waals surface area contributed by atoms with E-state index in [1.807, 2.05) is 75.2 Å². The predicted octanol–water partition coefficient (Wildman–Crippen LogP) is 6.13. The first-order valence-corrected chi connectivity index (χ1v) is 12.3. The van der Waals surface area contributed by atoms with Gasteiger partial charge in [0.1, 0.15) is 11.4 Å². The molecular weight excluding hydrogens is 485 g/mol. The van der Waals surface area contributed by atoms with Crippen LogP contribution in [0.1, 0.15) is 31.9 Å². The van der Waals surface area contributed by atoms with Crippen LogP contribution in [-0.2, 0) is 27.4 Å². The van der Waals surface area contributed by atoms with Gasteiger partial charge in [-0.25, -0.2) is 4.39 Å². The van der Waals surface area contributed by atoms with Crippen LogP contribution in [0.4, 0.5) is 4.39 Å². The fraction of sp³-hybridized carbons (Fsp3) is 0.300. The molecule has 0 unspecified atom stereocenters. The molecule has 0 radical (unpaired) electrons. The summed E-state index contributed by atoms with van der Waals surface area (Å²) in [6.07, 6.45) is 0. The quantitative estimate of drug-likeness (QED) is 0.247. The van der Waals surface area contributed by atoms with Crippen molar-refractivity contribution in [2.75, 3.05) is 20.7 Å². The molecule has 38 heavy (non-hydrogen) atoms. The van der Waals surface area contributed by atoms with Crippen LogP contribution in [0.15, 0.2) is 71.3 Å². The SMILES string of the molecule is COCc1cc(-c2nc(-c3cccc(CN(C)CC(=O)OC(C)(C)C)c3)no2)ccc1-c1ccccc1F. The van der Waals surface area contributed by atoms with E-state index < -0.39 is 5.60 Å². The van der Waals surface area contributed by atoms with Gasteiger partial charge in [0.25, 0.3) is 5.89 Å². The first kappa shape index (κ1) is 27.2. The number of methoxy groups -OCH3 is 1. The summed E-state index contributed by atoms with van der Waals surface area (Å²) in [6.45, 7) is 6.59. The number of aromatic nitrogens is 2. The molecule has 0 N–H and O–H groups in total. The number of carbonyl (C=O) groups excluding carboxylic acids is 1. The first-order valence-electron chi connectivity index (χ1n) is 12.3. The van der Waals surface area contributed by atoms with Gasteiger partial charge in [-0.05, 0) is 68.8 Å². The van der Waals surface area contributed by atoms with Crippen molar-refractivity contribution in [1.82, 2.24) is 15.0 Å². The van der Waals surface area contributed by atoms with Crippen LogP contribution in [0.5, 0.6) is 0 Å². The van der Waals surface area contributed by atoms with Crippen molar-refractivity contribution >= 4 is 5.97 Å². The number of ether oxygens (including phenoxy) is 2. The van der Waals surface area contributed by atoms with Gasteiger partial charge >= 0.3 is 5.97 Å². The molecule has 0 amide bonds. The molecule has 3 aromatic carbocycles. The molecule has 0 aliphatic heterocycles. The number of rotatable bonds is 9. The molecular formula is C30H32FN3O4. The topological polar surface area (TPSA) is 77.7 Å². The summed E-state index contributed by atoms with van der Waals surface area (Å²) in [5.41, 5.74) is 4.05. The van der Waals surface area contributed by atoms with E-state index in [1.165, 1.54) is 6.07 Å². The number of nitrogens with zero attached hydrogens (tertiary/aromatic N) is 3. The predicted molar refractivity (Wildman–Crippen MR) is 143 cm³/mol. The number of benzene rings is 3. The standard InChI is InChI=1S/C30H32FN3O4/c1-30(2,3)37-27(35)18-34(4)17-20-9-8-10-21(15-20)28-32-29(38-33-28)22-13-14-24(23(16-22)19-36-5)25-11-6-7-12-26(25)31/h6-16H,17-19H2,1-5H3. The van der Waals surface area contributed by atoms with Crippen molar-refractivity contribution in [2.24, 2.45) is 0 Å². The number of halogens is 1. The van der Waals surface area contributed by atoms with E-state index in [1.54, 1.807) is 25.3 Å². The van der Waals surface area contributed by atoms with Crippen LogP contribution in [0.25, 0.3) is 34.0 Å². The summed E-state index contributed by atoms with van der Waals surface area (Å²) in [6, 6.07) is 20.0. The van der Waals surface area contributed by atoms with Crippen LogP contribution in [0, 0.1) is 5.82 Å². The Balaban J connectivity index is 1.52. The van der Waals surface area contributed by atoms with Crippen molar-refractivity contribution in [3.05, 3.63) is 83.7 Å². The second-order valence-electron chi connectivity index (χ2n) is 10.2. The third-order valence-electron chi connectivity index (χ3n) is 5.70. The zero-order valence-corrected chi connectivity index (χ0v) is 22.3. The maximum absolute atomic E-state index is 14.4. The van der Waals surface area contributed by atoms with Gasteiger partial charge in [-0.1, -0.05) is 47.6 Å². The molecule has 0 saturated carbocycles. The van der Waals surface area contributed by atoms with E-state index in [0.717, 1.165) is 22.3 Å². The highest BCUT2D eigenvalue weighted by Gasteiger charge is 2.18. The second kappa shape index (κ2) is 11.7. The lowest BCUT2D eigenvalue weighted by molar-refractivity contribution is -0.155. The van der Waals surface area contributed by atoms with Gasteiger partial charge in [0, 0.05) is 30.3 Å². The fourth-order valence-corrected chi connectivity index (χ4v) is 4.17. The molecule has 7 nitrogen and oxygen atoms in total. The minimum absolute atomic E-state index is 0.181. The molecule has 0 bridgehead atoms. The zero-order valence-electron chi connectivity index (χ0n) is 22.3. The molecule has 0 atom stereocenters. The van der Waals surface area contributed by atoms with Gasteiger partial charge in [0.15, 0.2) is 0 Å². The number of hydrogen-bond donors (Lipinski definition) is 0. The highest BCUT2D eigenvalue weighted by atomic mass is 19.1. The molecule has 0 aliphatic carbocycles.